The lowest BCUT2D eigenvalue weighted by Gasteiger charge is -2.32. The highest BCUT2D eigenvalue weighted by molar-refractivity contribution is 7.92. The Kier molecular flexibility index (Phi) is 8.50. The number of amides is 2. The second-order valence-electron chi connectivity index (χ2n) is 8.45. The van der Waals surface area contributed by atoms with E-state index < -0.39 is 28.5 Å². The van der Waals surface area contributed by atoms with Gasteiger partial charge in [0.1, 0.15) is 12.6 Å². The standard InChI is InChI=1S/C24H30ClN3O6S/c1-5-16(2)26-24(30)17(3)27(13-18-7-6-8-19(25)11-18)23(29)14-28(35(4,31)32)20-9-10-21-22(12-20)34-15-33-21/h6-12,16-17H,5,13-15H2,1-4H3,(H,26,30)/t16-,17-/m1/s1. The molecule has 1 aliphatic heterocycles. The normalized spacial score (nSPS) is 14.2. The molecular weight excluding hydrogens is 494 g/mol. The van der Waals surface area contributed by atoms with Crippen LogP contribution in [0.4, 0.5) is 5.69 Å². The van der Waals surface area contributed by atoms with Crippen molar-refractivity contribution in [3.8, 4) is 11.5 Å². The van der Waals surface area contributed by atoms with Crippen LogP contribution in [0.3, 0.4) is 0 Å². The number of carbonyl (C=O) groups is 2. The van der Waals surface area contributed by atoms with E-state index in [-0.39, 0.29) is 31.0 Å². The molecule has 3 rings (SSSR count). The summed E-state index contributed by atoms with van der Waals surface area (Å²) in [6.07, 6.45) is 1.75. The number of fused-ring (bicyclic) bond motifs is 1. The molecule has 0 fully saturated rings. The van der Waals surface area contributed by atoms with Crippen molar-refractivity contribution in [2.24, 2.45) is 0 Å². The monoisotopic (exact) mass is 523 g/mol. The second-order valence-corrected chi connectivity index (χ2v) is 10.8. The third kappa shape index (κ3) is 6.79. The minimum Gasteiger partial charge on any atom is -0.454 e. The van der Waals surface area contributed by atoms with Gasteiger partial charge in [-0.25, -0.2) is 8.42 Å². The number of sulfonamides is 1. The number of nitrogens with zero attached hydrogens (tertiary/aromatic N) is 2. The zero-order valence-electron chi connectivity index (χ0n) is 20.2. The van der Waals surface area contributed by atoms with Gasteiger partial charge < -0.3 is 19.7 Å². The minimum absolute atomic E-state index is 0.0345. The topological polar surface area (TPSA) is 105 Å². The molecule has 0 aliphatic carbocycles. The number of hydrogen-bond acceptors (Lipinski definition) is 6. The van der Waals surface area contributed by atoms with E-state index in [0.717, 1.165) is 17.0 Å². The van der Waals surface area contributed by atoms with Gasteiger partial charge in [-0.2, -0.15) is 0 Å². The Morgan fingerprint density at radius 2 is 1.83 bits per heavy atom. The van der Waals surface area contributed by atoms with Crippen LogP contribution in [0, 0.1) is 0 Å². The predicted octanol–water partition coefficient (Wildman–Crippen LogP) is 3.17. The maximum atomic E-state index is 13.5. The molecule has 9 nitrogen and oxygen atoms in total. The van der Waals surface area contributed by atoms with Gasteiger partial charge in [0.2, 0.25) is 28.6 Å². The Labute approximate surface area is 211 Å². The van der Waals surface area contributed by atoms with Crippen LogP contribution < -0.4 is 19.1 Å². The van der Waals surface area contributed by atoms with Gasteiger partial charge >= 0.3 is 0 Å². The molecule has 0 saturated heterocycles. The average Bonchev–Trinajstić information content (AvgIpc) is 3.27. The molecule has 190 valence electrons. The average molecular weight is 524 g/mol. The summed E-state index contributed by atoms with van der Waals surface area (Å²) in [6, 6.07) is 10.7. The molecule has 0 spiro atoms. The Hall–Kier alpha value is -2.98. The maximum absolute atomic E-state index is 13.5. The zero-order chi connectivity index (χ0) is 25.8. The lowest BCUT2D eigenvalue weighted by atomic mass is 10.1. The van der Waals surface area contributed by atoms with Crippen molar-refractivity contribution in [2.45, 2.75) is 45.8 Å². The fourth-order valence-electron chi connectivity index (χ4n) is 3.53. The van der Waals surface area contributed by atoms with E-state index in [0.29, 0.717) is 22.1 Å². The van der Waals surface area contributed by atoms with E-state index in [9.17, 15) is 18.0 Å². The number of anilines is 1. The summed E-state index contributed by atoms with van der Waals surface area (Å²) in [5, 5.41) is 3.37. The van der Waals surface area contributed by atoms with Gasteiger partial charge in [0, 0.05) is 23.7 Å². The number of nitrogens with one attached hydrogen (secondary N) is 1. The molecule has 11 heteroatoms. The Bertz CT molecular complexity index is 1190. The first-order chi connectivity index (χ1) is 16.5. The Balaban J connectivity index is 1.91. The molecule has 1 aliphatic rings. The van der Waals surface area contributed by atoms with Crippen molar-refractivity contribution in [1.82, 2.24) is 10.2 Å². The molecular formula is C24H30ClN3O6S. The molecule has 1 N–H and O–H groups in total. The highest BCUT2D eigenvalue weighted by Crippen LogP contribution is 2.36. The van der Waals surface area contributed by atoms with Crippen LogP contribution in [0.25, 0.3) is 0 Å². The summed E-state index contributed by atoms with van der Waals surface area (Å²) in [4.78, 5) is 27.8. The molecule has 0 unspecified atom stereocenters. The lowest BCUT2D eigenvalue weighted by molar-refractivity contribution is -0.139. The van der Waals surface area contributed by atoms with Crippen LogP contribution in [0.5, 0.6) is 11.5 Å². The van der Waals surface area contributed by atoms with Gasteiger partial charge in [-0.1, -0.05) is 30.7 Å². The van der Waals surface area contributed by atoms with E-state index in [1.165, 1.54) is 11.0 Å². The largest absolute Gasteiger partial charge is 0.454 e. The fourth-order valence-corrected chi connectivity index (χ4v) is 4.59. The highest BCUT2D eigenvalue weighted by atomic mass is 35.5. The van der Waals surface area contributed by atoms with Crippen molar-refractivity contribution in [3.05, 3.63) is 53.1 Å². The second kappa shape index (κ2) is 11.2. The Morgan fingerprint density at radius 1 is 1.11 bits per heavy atom. The Morgan fingerprint density at radius 3 is 2.49 bits per heavy atom. The van der Waals surface area contributed by atoms with Gasteiger partial charge in [0.25, 0.3) is 0 Å². The van der Waals surface area contributed by atoms with Crippen molar-refractivity contribution in [2.75, 3.05) is 23.9 Å². The molecule has 35 heavy (non-hydrogen) atoms. The molecule has 0 aromatic heterocycles. The van der Waals surface area contributed by atoms with Crippen LogP contribution >= 0.6 is 11.6 Å². The third-order valence-corrected chi connectivity index (χ3v) is 7.11. The number of carbonyl (C=O) groups excluding carboxylic acids is 2. The third-order valence-electron chi connectivity index (χ3n) is 5.73. The highest BCUT2D eigenvalue weighted by Gasteiger charge is 2.31. The van der Waals surface area contributed by atoms with Gasteiger partial charge in [-0.05, 0) is 50.1 Å². The van der Waals surface area contributed by atoms with Crippen LogP contribution in [0.15, 0.2) is 42.5 Å². The van der Waals surface area contributed by atoms with Crippen LogP contribution in [-0.4, -0.2) is 56.8 Å². The molecule has 2 aromatic carbocycles. The van der Waals surface area contributed by atoms with E-state index in [2.05, 4.69) is 5.32 Å². The summed E-state index contributed by atoms with van der Waals surface area (Å²) in [7, 11) is -3.84. The van der Waals surface area contributed by atoms with Gasteiger partial charge in [0.15, 0.2) is 11.5 Å². The van der Waals surface area contributed by atoms with Gasteiger partial charge in [0.05, 0.1) is 11.9 Å². The maximum Gasteiger partial charge on any atom is 0.244 e. The minimum atomic E-state index is -3.84. The SMILES string of the molecule is CC[C@@H](C)NC(=O)[C@@H](C)N(Cc1cccc(Cl)c1)C(=O)CN(c1ccc2c(c1)OCO2)S(C)(=O)=O. The summed E-state index contributed by atoms with van der Waals surface area (Å²) >= 11 is 6.12. The molecule has 2 atom stereocenters. The van der Waals surface area contributed by atoms with Crippen molar-refractivity contribution in [1.29, 1.82) is 0 Å². The molecule has 0 bridgehead atoms. The summed E-state index contributed by atoms with van der Waals surface area (Å²) in [6.45, 7) is 5.05. The lowest BCUT2D eigenvalue weighted by Crippen LogP contribution is -2.52. The van der Waals surface area contributed by atoms with Gasteiger partial charge in [-0.3, -0.25) is 13.9 Å². The molecule has 2 amide bonds. The van der Waals surface area contributed by atoms with Crippen LogP contribution in [0.1, 0.15) is 32.8 Å². The van der Waals surface area contributed by atoms with E-state index in [1.807, 2.05) is 13.8 Å². The smallest absolute Gasteiger partial charge is 0.244 e. The van der Waals surface area contributed by atoms with E-state index in [4.69, 9.17) is 21.1 Å². The summed E-state index contributed by atoms with van der Waals surface area (Å²) in [5.41, 5.74) is 0.965. The van der Waals surface area contributed by atoms with Crippen LogP contribution in [0.2, 0.25) is 5.02 Å². The van der Waals surface area contributed by atoms with E-state index >= 15 is 0 Å². The van der Waals surface area contributed by atoms with Crippen molar-refractivity contribution < 1.29 is 27.5 Å². The molecule has 2 aromatic rings. The number of hydrogen-bond donors (Lipinski definition) is 1. The van der Waals surface area contributed by atoms with Crippen molar-refractivity contribution >= 4 is 39.1 Å². The molecule has 0 saturated carbocycles. The summed E-state index contributed by atoms with van der Waals surface area (Å²) in [5.74, 6) is 0.00992. The predicted molar refractivity (Wildman–Crippen MR) is 134 cm³/mol. The zero-order valence-corrected chi connectivity index (χ0v) is 21.7. The van der Waals surface area contributed by atoms with Gasteiger partial charge in [-0.15, -0.1) is 0 Å². The first kappa shape index (κ1) is 26.6. The molecule has 1 heterocycles. The summed E-state index contributed by atoms with van der Waals surface area (Å²) < 4.78 is 37.0. The molecule has 0 radical (unpaired) electrons. The number of ether oxygens (including phenoxy) is 2. The van der Waals surface area contributed by atoms with Crippen LogP contribution in [-0.2, 0) is 26.2 Å². The first-order valence-corrected chi connectivity index (χ1v) is 13.4. The first-order valence-electron chi connectivity index (χ1n) is 11.2. The number of benzene rings is 2. The van der Waals surface area contributed by atoms with Crippen molar-refractivity contribution in [3.63, 3.8) is 0 Å². The number of rotatable bonds is 10. The fraction of sp³-hybridized carbons (Fsp3) is 0.417. The van der Waals surface area contributed by atoms with E-state index in [1.54, 1.807) is 43.3 Å². The quantitative estimate of drug-likeness (QED) is 0.513. The number of halogens is 1.